The van der Waals surface area contributed by atoms with E-state index in [-0.39, 0.29) is 44.9 Å². The maximum absolute atomic E-state index is 12.1. The summed E-state index contributed by atoms with van der Waals surface area (Å²) in [5.41, 5.74) is 3.86. The van der Waals surface area contributed by atoms with Crippen molar-refractivity contribution in [3.63, 3.8) is 0 Å². The Kier molecular flexibility index (Phi) is 6.32. The van der Waals surface area contributed by atoms with Crippen LogP contribution in [0.25, 0.3) is 0 Å². The van der Waals surface area contributed by atoms with Crippen LogP contribution in [-0.4, -0.2) is 21.3 Å². The summed E-state index contributed by atoms with van der Waals surface area (Å²) in [6.45, 7) is 1.56. The lowest BCUT2D eigenvalue weighted by Crippen LogP contribution is -2.31. The van der Waals surface area contributed by atoms with Gasteiger partial charge in [-0.3, -0.25) is 14.9 Å². The minimum atomic E-state index is -0.347. The molecular formula is C26H22Cl2N2O3S. The molecule has 8 heteroatoms. The number of nitro benzene ring substituents is 1. The third kappa shape index (κ3) is 4.19. The monoisotopic (exact) mass is 512 g/mol. The molecule has 0 aromatic heterocycles. The quantitative estimate of drug-likeness (QED) is 0.166. The van der Waals surface area contributed by atoms with Gasteiger partial charge in [0.05, 0.1) is 21.2 Å². The molecule has 0 saturated heterocycles. The number of para-hydroxylation sites is 1. The number of hydrogen-bond donors (Lipinski definition) is 1. The van der Waals surface area contributed by atoms with Crippen LogP contribution in [0.15, 0.2) is 71.6 Å². The number of alkyl halides is 1. The van der Waals surface area contributed by atoms with Gasteiger partial charge in [0, 0.05) is 33.5 Å². The Balaban J connectivity index is 1.55. The Labute approximate surface area is 212 Å². The molecule has 3 aromatic carbocycles. The Bertz CT molecular complexity index is 1270. The van der Waals surface area contributed by atoms with Gasteiger partial charge in [-0.25, -0.2) is 0 Å². The van der Waals surface area contributed by atoms with Gasteiger partial charge in [-0.15, -0.1) is 23.4 Å². The lowest BCUT2D eigenvalue weighted by molar-refractivity contribution is -0.387. The number of anilines is 1. The molecule has 2 aliphatic rings. The normalized spacial score (nSPS) is 25.2. The Morgan fingerprint density at radius 1 is 1.12 bits per heavy atom. The summed E-state index contributed by atoms with van der Waals surface area (Å²) < 4.78 is 0. The second-order valence-electron chi connectivity index (χ2n) is 8.78. The van der Waals surface area contributed by atoms with Crippen LogP contribution in [0.1, 0.15) is 46.8 Å². The highest BCUT2D eigenvalue weighted by Crippen LogP contribution is 2.58. The van der Waals surface area contributed by atoms with Crippen molar-refractivity contribution in [1.82, 2.24) is 0 Å². The van der Waals surface area contributed by atoms with Crippen LogP contribution in [0.4, 0.5) is 11.4 Å². The molecule has 1 fully saturated rings. The molecule has 5 atom stereocenters. The van der Waals surface area contributed by atoms with Crippen molar-refractivity contribution in [3.8, 4) is 0 Å². The lowest BCUT2D eigenvalue weighted by atomic mass is 9.76. The van der Waals surface area contributed by atoms with Crippen LogP contribution >= 0.6 is 35.0 Å². The zero-order valence-electron chi connectivity index (χ0n) is 18.3. The van der Waals surface area contributed by atoms with Crippen LogP contribution < -0.4 is 5.32 Å². The molecular weight excluding hydrogens is 491 g/mol. The molecule has 1 aliphatic heterocycles. The first-order valence-corrected chi connectivity index (χ1v) is 12.7. The third-order valence-corrected chi connectivity index (χ3v) is 9.15. The molecule has 5 rings (SSSR count). The molecule has 0 radical (unpaired) electrons. The van der Waals surface area contributed by atoms with Crippen molar-refractivity contribution < 1.29 is 9.72 Å². The molecule has 174 valence electrons. The number of thioether (sulfide) groups is 1. The molecule has 3 aromatic rings. The van der Waals surface area contributed by atoms with Crippen LogP contribution in [0.2, 0.25) is 5.02 Å². The number of hydrogen-bond acceptors (Lipinski definition) is 5. The number of nitrogens with zero attached hydrogens (tertiary/aromatic N) is 1. The van der Waals surface area contributed by atoms with Crippen molar-refractivity contribution in [1.29, 1.82) is 0 Å². The standard InChI is InChI=1S/C26H22Cl2N2O3S/c1-14(31)16-8-11-20-18(12-16)24-19(26(29-20)15-6-9-17(27)10-7-15)13-23(25(24)28)34-22-5-3-2-4-21(22)30(32)33/h2-12,19,23-26,29H,13H2,1H3/t19-,23-,24-,25-,26-/m0/s1. The van der Waals surface area contributed by atoms with Crippen molar-refractivity contribution >= 4 is 52.1 Å². The Morgan fingerprint density at radius 3 is 2.56 bits per heavy atom. The van der Waals surface area contributed by atoms with E-state index in [2.05, 4.69) is 5.32 Å². The van der Waals surface area contributed by atoms with Crippen molar-refractivity contribution in [3.05, 3.63) is 98.6 Å². The number of ketones is 1. The highest BCUT2D eigenvalue weighted by molar-refractivity contribution is 8.00. The largest absolute Gasteiger partial charge is 0.378 e. The summed E-state index contributed by atoms with van der Waals surface area (Å²) >= 11 is 14.8. The predicted molar refractivity (Wildman–Crippen MR) is 137 cm³/mol. The average molecular weight is 513 g/mol. The average Bonchev–Trinajstić information content (AvgIpc) is 3.15. The van der Waals surface area contributed by atoms with E-state index >= 15 is 0 Å². The van der Waals surface area contributed by atoms with Gasteiger partial charge in [-0.1, -0.05) is 35.9 Å². The molecule has 0 amide bonds. The summed E-state index contributed by atoms with van der Waals surface area (Å²) in [4.78, 5) is 23.9. The summed E-state index contributed by atoms with van der Waals surface area (Å²) in [5.74, 6) is 0.158. The van der Waals surface area contributed by atoms with Crippen LogP contribution in [0.3, 0.4) is 0 Å². The SMILES string of the molecule is CC(=O)c1ccc2c(c1)[C@@H]1[C@@H](Cl)[C@@H](Sc3ccccc3[N+](=O)[O-])C[C@@H]1[C@H](c1ccc(Cl)cc1)N2. The highest BCUT2D eigenvalue weighted by Gasteiger charge is 2.50. The van der Waals surface area contributed by atoms with Crippen molar-refractivity contribution in [2.75, 3.05) is 5.32 Å². The number of fused-ring (bicyclic) bond motifs is 3. The number of nitrogens with one attached hydrogen (secondary N) is 1. The number of rotatable bonds is 5. The van der Waals surface area contributed by atoms with Gasteiger partial charge in [0.2, 0.25) is 0 Å². The smallest absolute Gasteiger partial charge is 0.282 e. The van der Waals surface area contributed by atoms with E-state index in [0.717, 1.165) is 23.2 Å². The van der Waals surface area contributed by atoms with Gasteiger partial charge in [0.1, 0.15) is 0 Å². The van der Waals surface area contributed by atoms with E-state index in [1.165, 1.54) is 17.8 Å². The number of halogens is 2. The third-order valence-electron chi connectivity index (χ3n) is 6.79. The van der Waals surface area contributed by atoms with Crippen molar-refractivity contribution in [2.45, 2.75) is 40.8 Å². The van der Waals surface area contributed by atoms with E-state index in [0.29, 0.717) is 15.5 Å². The fourth-order valence-corrected chi connectivity index (χ4v) is 7.28. The van der Waals surface area contributed by atoms with E-state index in [1.54, 1.807) is 19.1 Å². The van der Waals surface area contributed by atoms with E-state index < -0.39 is 0 Å². The number of benzene rings is 3. The highest BCUT2D eigenvalue weighted by atomic mass is 35.5. The number of nitro groups is 1. The summed E-state index contributed by atoms with van der Waals surface area (Å²) in [6, 6.07) is 20.4. The fourth-order valence-electron chi connectivity index (χ4n) is 5.21. The Hall–Kier alpha value is -2.54. The number of carbonyl (C=O) groups excluding carboxylic acids is 1. The first-order valence-electron chi connectivity index (χ1n) is 11.0. The molecule has 1 heterocycles. The van der Waals surface area contributed by atoms with Gasteiger partial charge in [-0.05, 0) is 66.8 Å². The summed E-state index contributed by atoms with van der Waals surface area (Å²) in [5, 5.41) is 15.6. The lowest BCUT2D eigenvalue weighted by Gasteiger charge is -2.38. The molecule has 0 unspecified atom stereocenters. The summed E-state index contributed by atoms with van der Waals surface area (Å²) in [7, 11) is 0. The molecule has 0 spiro atoms. The Morgan fingerprint density at radius 2 is 1.85 bits per heavy atom. The number of Topliss-reactive ketones (excluding diaryl/α,β-unsaturated/α-hetero) is 1. The van der Waals surface area contributed by atoms with Crippen LogP contribution in [0.5, 0.6) is 0 Å². The zero-order chi connectivity index (χ0) is 24.0. The van der Waals surface area contributed by atoms with E-state index in [9.17, 15) is 14.9 Å². The molecule has 1 saturated carbocycles. The minimum Gasteiger partial charge on any atom is -0.378 e. The van der Waals surface area contributed by atoms with Gasteiger partial charge in [0.25, 0.3) is 5.69 Å². The van der Waals surface area contributed by atoms with Crippen molar-refractivity contribution in [2.24, 2.45) is 5.92 Å². The summed E-state index contributed by atoms with van der Waals surface area (Å²) in [6.07, 6.45) is 0.777. The van der Waals surface area contributed by atoms with Crippen LogP contribution in [-0.2, 0) is 0 Å². The second kappa shape index (κ2) is 9.25. The topological polar surface area (TPSA) is 72.2 Å². The van der Waals surface area contributed by atoms with Gasteiger partial charge >= 0.3 is 0 Å². The fraction of sp³-hybridized carbons (Fsp3) is 0.269. The van der Waals surface area contributed by atoms with Gasteiger partial charge in [-0.2, -0.15) is 0 Å². The maximum Gasteiger partial charge on any atom is 0.282 e. The van der Waals surface area contributed by atoms with Gasteiger partial charge in [0.15, 0.2) is 5.78 Å². The second-order valence-corrected chi connectivity index (χ2v) is 11.0. The number of carbonyl (C=O) groups is 1. The zero-order valence-corrected chi connectivity index (χ0v) is 20.6. The molecule has 5 nitrogen and oxygen atoms in total. The van der Waals surface area contributed by atoms with E-state index in [4.69, 9.17) is 23.2 Å². The minimum absolute atomic E-state index is 0.00170. The molecule has 1 N–H and O–H groups in total. The van der Waals surface area contributed by atoms with Gasteiger partial charge < -0.3 is 5.32 Å². The molecule has 0 bridgehead atoms. The predicted octanol–water partition coefficient (Wildman–Crippen LogP) is 7.49. The van der Waals surface area contributed by atoms with Crippen LogP contribution in [0, 0.1) is 16.0 Å². The van der Waals surface area contributed by atoms with E-state index in [1.807, 2.05) is 48.5 Å². The maximum atomic E-state index is 12.1. The first kappa shape index (κ1) is 23.2. The molecule has 34 heavy (non-hydrogen) atoms. The molecule has 1 aliphatic carbocycles. The first-order chi connectivity index (χ1) is 16.3.